The second-order valence-corrected chi connectivity index (χ2v) is 9.47. The highest BCUT2D eigenvalue weighted by atomic mass is 15.4. The van der Waals surface area contributed by atoms with Crippen LogP contribution in [0, 0.1) is 0 Å². The summed E-state index contributed by atoms with van der Waals surface area (Å²) < 4.78 is 4.04. The van der Waals surface area contributed by atoms with Crippen LogP contribution in [0.3, 0.4) is 0 Å². The summed E-state index contributed by atoms with van der Waals surface area (Å²) in [5.41, 5.74) is 7.62. The lowest BCUT2D eigenvalue weighted by Crippen LogP contribution is -2.08. The Kier molecular flexibility index (Phi) is 5.15. The predicted molar refractivity (Wildman–Crippen MR) is 158 cm³/mol. The van der Waals surface area contributed by atoms with E-state index in [-0.39, 0.29) is 0 Å². The Morgan fingerprint density at radius 3 is 1.11 bits per heavy atom. The molecule has 0 saturated heterocycles. The zero-order valence-corrected chi connectivity index (χ0v) is 21.2. The van der Waals surface area contributed by atoms with Gasteiger partial charge in [-0.2, -0.15) is 10.2 Å². The molecule has 3 heterocycles. The fourth-order valence-electron chi connectivity index (χ4n) is 5.26. The molecule has 0 saturated carbocycles. The molecule has 0 atom stereocenters. The number of fused-ring (bicyclic) bond motifs is 6. The van der Waals surface area contributed by atoms with Crippen LogP contribution in [-0.2, 0) is 0 Å². The van der Waals surface area contributed by atoms with Crippen molar-refractivity contribution >= 4 is 55.0 Å². The second kappa shape index (κ2) is 8.82. The van der Waals surface area contributed by atoms with E-state index in [0.717, 1.165) is 44.9 Å². The molecule has 0 N–H and O–H groups in total. The van der Waals surface area contributed by atoms with Crippen molar-refractivity contribution in [3.63, 3.8) is 0 Å². The van der Waals surface area contributed by atoms with Crippen molar-refractivity contribution in [3.05, 3.63) is 127 Å². The molecule has 5 nitrogen and oxygen atoms in total. The third-order valence-corrected chi connectivity index (χ3v) is 7.10. The largest absolute Gasteiger partial charge is 0.245 e. The molecule has 3 aromatic heterocycles. The zero-order valence-electron chi connectivity index (χ0n) is 21.2. The van der Waals surface area contributed by atoms with Crippen LogP contribution in [0.2, 0.25) is 0 Å². The molecule has 0 amide bonds. The highest BCUT2D eigenvalue weighted by Gasteiger charge is 2.12. The van der Waals surface area contributed by atoms with Crippen molar-refractivity contribution in [2.24, 2.45) is 10.2 Å². The minimum atomic E-state index is 0.820. The van der Waals surface area contributed by atoms with Gasteiger partial charge in [0, 0.05) is 21.5 Å². The lowest BCUT2D eigenvalue weighted by Gasteiger charge is -2.07. The molecular formula is C33H25N5. The summed E-state index contributed by atoms with van der Waals surface area (Å²) in [5, 5.41) is 14.8. The van der Waals surface area contributed by atoms with Crippen LogP contribution < -0.4 is 0 Å². The van der Waals surface area contributed by atoms with Crippen LogP contribution in [0.1, 0.15) is 25.2 Å². The van der Waals surface area contributed by atoms with E-state index in [0.29, 0.717) is 0 Å². The summed E-state index contributed by atoms with van der Waals surface area (Å²) in [6.45, 7) is 4.02. The molecule has 0 aliphatic carbocycles. The van der Waals surface area contributed by atoms with Crippen molar-refractivity contribution < 1.29 is 0 Å². The van der Waals surface area contributed by atoms with Crippen LogP contribution in [0.5, 0.6) is 0 Å². The van der Waals surface area contributed by atoms with Crippen LogP contribution >= 0.6 is 0 Å². The Hall–Kier alpha value is -5.03. The Morgan fingerprint density at radius 2 is 0.763 bits per heavy atom. The van der Waals surface area contributed by atoms with Gasteiger partial charge in [0.15, 0.2) is 0 Å². The van der Waals surface area contributed by atoms with E-state index < -0.39 is 0 Å². The van der Waals surface area contributed by atoms with E-state index in [2.05, 4.69) is 97.1 Å². The summed E-state index contributed by atoms with van der Waals surface area (Å²) in [6.07, 6.45) is 0. The Bertz CT molecular complexity index is 1800. The molecular weight excluding hydrogens is 466 g/mol. The lowest BCUT2D eigenvalue weighted by molar-refractivity contribution is 0.956. The highest BCUT2D eigenvalue weighted by molar-refractivity contribution is 6.10. The third kappa shape index (κ3) is 3.51. The first-order valence-electron chi connectivity index (χ1n) is 12.7. The van der Waals surface area contributed by atoms with Gasteiger partial charge in [-0.15, -0.1) is 0 Å². The van der Waals surface area contributed by atoms with Gasteiger partial charge in [-0.1, -0.05) is 78.9 Å². The van der Waals surface area contributed by atoms with Crippen molar-refractivity contribution in [1.29, 1.82) is 0 Å². The molecule has 182 valence electrons. The van der Waals surface area contributed by atoms with Gasteiger partial charge >= 0.3 is 0 Å². The molecule has 0 bridgehead atoms. The van der Waals surface area contributed by atoms with E-state index in [9.17, 15) is 0 Å². The maximum absolute atomic E-state index is 5.03. The maximum Gasteiger partial charge on any atom is 0.0867 e. The van der Waals surface area contributed by atoms with E-state index in [1.807, 2.05) is 41.4 Å². The SMILES string of the molecule is CC(=Nn1c2ccccc2c2ccccc21)c1cccc(C(C)=Nn2c3ccccc3c3ccccc32)n1. The average Bonchev–Trinajstić information content (AvgIpc) is 3.46. The van der Waals surface area contributed by atoms with Crippen molar-refractivity contribution in [2.45, 2.75) is 13.8 Å². The van der Waals surface area contributed by atoms with Gasteiger partial charge in [-0.3, -0.25) is 0 Å². The van der Waals surface area contributed by atoms with Crippen molar-refractivity contribution in [1.82, 2.24) is 14.3 Å². The summed E-state index contributed by atoms with van der Waals surface area (Å²) >= 11 is 0. The number of pyridine rings is 1. The molecule has 7 aromatic rings. The van der Waals surface area contributed by atoms with E-state index in [1.54, 1.807) is 0 Å². The number of hydrogen-bond donors (Lipinski definition) is 0. The first kappa shape index (κ1) is 22.2. The van der Waals surface area contributed by atoms with E-state index in [1.165, 1.54) is 21.5 Å². The van der Waals surface area contributed by atoms with Gasteiger partial charge in [0.2, 0.25) is 0 Å². The van der Waals surface area contributed by atoms with Crippen LogP contribution in [-0.4, -0.2) is 25.8 Å². The van der Waals surface area contributed by atoms with E-state index in [4.69, 9.17) is 15.2 Å². The summed E-state index contributed by atoms with van der Waals surface area (Å²) in [7, 11) is 0. The molecule has 4 aromatic carbocycles. The van der Waals surface area contributed by atoms with Gasteiger partial charge in [-0.05, 0) is 50.2 Å². The summed E-state index contributed by atoms with van der Waals surface area (Å²) in [6, 6.07) is 39.5. The fourth-order valence-corrected chi connectivity index (χ4v) is 5.26. The number of nitrogens with zero attached hydrogens (tertiary/aromatic N) is 5. The normalized spacial score (nSPS) is 12.8. The number of hydrogen-bond acceptors (Lipinski definition) is 3. The van der Waals surface area contributed by atoms with Crippen LogP contribution in [0.4, 0.5) is 0 Å². The molecule has 38 heavy (non-hydrogen) atoms. The number of para-hydroxylation sites is 4. The Balaban J connectivity index is 1.33. The quantitative estimate of drug-likeness (QED) is 0.231. The van der Waals surface area contributed by atoms with Gasteiger partial charge in [-0.25, -0.2) is 14.3 Å². The minimum absolute atomic E-state index is 0.820. The van der Waals surface area contributed by atoms with Gasteiger partial charge in [0.05, 0.1) is 44.9 Å². The first-order valence-corrected chi connectivity index (χ1v) is 12.7. The smallest absolute Gasteiger partial charge is 0.0867 e. The monoisotopic (exact) mass is 491 g/mol. The van der Waals surface area contributed by atoms with Gasteiger partial charge in [0.1, 0.15) is 0 Å². The van der Waals surface area contributed by atoms with Gasteiger partial charge < -0.3 is 0 Å². The van der Waals surface area contributed by atoms with Gasteiger partial charge in [0.25, 0.3) is 0 Å². The molecule has 0 aliphatic rings. The van der Waals surface area contributed by atoms with Crippen molar-refractivity contribution in [3.8, 4) is 0 Å². The molecule has 0 spiro atoms. The van der Waals surface area contributed by atoms with E-state index >= 15 is 0 Å². The highest BCUT2D eigenvalue weighted by Crippen LogP contribution is 2.30. The average molecular weight is 492 g/mol. The Morgan fingerprint density at radius 1 is 0.447 bits per heavy atom. The number of benzene rings is 4. The third-order valence-electron chi connectivity index (χ3n) is 7.10. The second-order valence-electron chi connectivity index (χ2n) is 9.47. The Labute approximate surface area is 220 Å². The first-order chi connectivity index (χ1) is 18.7. The molecule has 0 radical (unpaired) electrons. The minimum Gasteiger partial charge on any atom is -0.245 e. The molecule has 0 unspecified atom stereocenters. The maximum atomic E-state index is 5.03. The molecule has 7 rings (SSSR count). The summed E-state index contributed by atoms with van der Waals surface area (Å²) in [5.74, 6) is 0. The topological polar surface area (TPSA) is 47.5 Å². The number of rotatable bonds is 4. The molecule has 0 aliphatic heterocycles. The zero-order chi connectivity index (χ0) is 25.6. The molecule has 5 heteroatoms. The van der Waals surface area contributed by atoms with Crippen LogP contribution in [0.15, 0.2) is 125 Å². The van der Waals surface area contributed by atoms with Crippen molar-refractivity contribution in [2.75, 3.05) is 0 Å². The number of aromatic nitrogens is 3. The lowest BCUT2D eigenvalue weighted by atomic mass is 10.2. The fraction of sp³-hybridized carbons (Fsp3) is 0.0606. The standard InChI is InChI=1S/C33H25N5/c1-22(35-37-30-18-7-3-12-24(30)25-13-4-8-19-31(25)37)28-16-11-17-29(34-28)23(2)36-38-32-20-9-5-14-26(32)27-15-6-10-21-33(27)38/h3-21H,1-2H3. The van der Waals surface area contributed by atoms with Crippen LogP contribution in [0.25, 0.3) is 43.6 Å². The molecule has 0 fully saturated rings. The predicted octanol–water partition coefficient (Wildman–Crippen LogP) is 7.84. The summed E-state index contributed by atoms with van der Waals surface area (Å²) in [4.78, 5) is 4.97.